The third kappa shape index (κ3) is 3.61. The zero-order valence-corrected chi connectivity index (χ0v) is 10.6. The molecule has 1 amide bonds. The minimum atomic E-state index is -1.12. The minimum absolute atomic E-state index is 0.0849. The van der Waals surface area contributed by atoms with Crippen LogP contribution in [0.4, 0.5) is 0 Å². The van der Waals surface area contributed by atoms with Gasteiger partial charge in [-0.2, -0.15) is 0 Å². The van der Waals surface area contributed by atoms with Crippen LogP contribution in [0.1, 0.15) is 26.4 Å². The summed E-state index contributed by atoms with van der Waals surface area (Å²) in [5.74, 6) is -1.39. The van der Waals surface area contributed by atoms with Gasteiger partial charge in [0.25, 0.3) is 5.91 Å². The summed E-state index contributed by atoms with van der Waals surface area (Å²) in [4.78, 5) is 30.1. The predicted molar refractivity (Wildman–Crippen MR) is 71.5 cm³/mol. The van der Waals surface area contributed by atoms with Crippen LogP contribution in [0.2, 0.25) is 0 Å². The molecule has 2 aromatic rings. The summed E-state index contributed by atoms with van der Waals surface area (Å²) in [6, 6.07) is 6.52. The van der Waals surface area contributed by atoms with Crippen LogP contribution in [0, 0.1) is 0 Å². The Kier molecular flexibility index (Phi) is 4.39. The average molecular weight is 271 g/mol. The van der Waals surface area contributed by atoms with Gasteiger partial charge in [-0.1, -0.05) is 0 Å². The van der Waals surface area contributed by atoms with Gasteiger partial charge < -0.3 is 10.4 Å². The molecule has 0 spiro atoms. The maximum atomic E-state index is 11.8. The molecule has 2 aromatic heterocycles. The molecule has 6 heteroatoms. The fourth-order valence-corrected chi connectivity index (χ4v) is 1.63. The zero-order chi connectivity index (χ0) is 14.4. The van der Waals surface area contributed by atoms with Crippen molar-refractivity contribution in [3.8, 4) is 0 Å². The number of nitrogens with zero attached hydrogens (tertiary/aromatic N) is 2. The van der Waals surface area contributed by atoms with E-state index >= 15 is 0 Å². The van der Waals surface area contributed by atoms with Crippen molar-refractivity contribution in [2.75, 3.05) is 6.54 Å². The van der Waals surface area contributed by atoms with Crippen molar-refractivity contribution in [2.24, 2.45) is 0 Å². The van der Waals surface area contributed by atoms with Crippen LogP contribution in [0.15, 0.2) is 42.9 Å². The van der Waals surface area contributed by atoms with Crippen LogP contribution in [-0.4, -0.2) is 33.5 Å². The second-order valence-electron chi connectivity index (χ2n) is 4.10. The van der Waals surface area contributed by atoms with Crippen LogP contribution in [-0.2, 0) is 6.42 Å². The lowest BCUT2D eigenvalue weighted by Gasteiger charge is -2.05. The topological polar surface area (TPSA) is 92.2 Å². The van der Waals surface area contributed by atoms with Gasteiger partial charge in [0.15, 0.2) is 0 Å². The number of hydrogen-bond donors (Lipinski definition) is 2. The van der Waals surface area contributed by atoms with Gasteiger partial charge in [-0.15, -0.1) is 0 Å². The first-order valence-electron chi connectivity index (χ1n) is 6.03. The Morgan fingerprint density at radius 1 is 1.15 bits per heavy atom. The van der Waals surface area contributed by atoms with Gasteiger partial charge in [-0.05, 0) is 36.2 Å². The maximum absolute atomic E-state index is 11.8. The van der Waals surface area contributed by atoms with Gasteiger partial charge in [-0.3, -0.25) is 9.78 Å². The van der Waals surface area contributed by atoms with E-state index in [0.717, 1.165) is 5.56 Å². The van der Waals surface area contributed by atoms with Crippen molar-refractivity contribution in [3.63, 3.8) is 0 Å². The fourth-order valence-electron chi connectivity index (χ4n) is 1.63. The summed E-state index contributed by atoms with van der Waals surface area (Å²) in [5, 5.41) is 11.5. The fraction of sp³-hybridized carbons (Fsp3) is 0.143. The molecule has 0 bridgehead atoms. The molecule has 102 valence electrons. The smallest absolute Gasteiger partial charge is 0.354 e. The third-order valence-electron chi connectivity index (χ3n) is 2.69. The summed E-state index contributed by atoms with van der Waals surface area (Å²) >= 11 is 0. The van der Waals surface area contributed by atoms with Crippen LogP contribution in [0.25, 0.3) is 0 Å². The van der Waals surface area contributed by atoms with Gasteiger partial charge >= 0.3 is 5.97 Å². The van der Waals surface area contributed by atoms with Crippen LogP contribution >= 0.6 is 0 Å². The molecule has 2 rings (SSSR count). The average Bonchev–Trinajstić information content (AvgIpc) is 2.48. The number of aromatic carboxylic acids is 1. The summed E-state index contributed by atoms with van der Waals surface area (Å²) in [5.41, 5.74) is 1.34. The summed E-state index contributed by atoms with van der Waals surface area (Å²) in [7, 11) is 0. The van der Waals surface area contributed by atoms with Gasteiger partial charge in [-0.25, -0.2) is 9.78 Å². The van der Waals surface area contributed by atoms with E-state index < -0.39 is 5.97 Å². The largest absolute Gasteiger partial charge is 0.477 e. The molecule has 0 unspecified atom stereocenters. The number of carbonyl (C=O) groups is 2. The summed E-state index contributed by atoms with van der Waals surface area (Å²) in [6.07, 6.45) is 5.36. The Balaban J connectivity index is 1.87. The SMILES string of the molecule is O=C(NCCc1ccncc1)c1ccc(C(=O)O)nc1. The predicted octanol–water partition coefficient (Wildman–Crippen LogP) is 1.15. The monoisotopic (exact) mass is 271 g/mol. The molecule has 0 aromatic carbocycles. The van der Waals surface area contributed by atoms with Crippen molar-refractivity contribution < 1.29 is 14.7 Å². The minimum Gasteiger partial charge on any atom is -0.477 e. The van der Waals surface area contributed by atoms with Gasteiger partial charge in [0.1, 0.15) is 5.69 Å². The first kappa shape index (κ1) is 13.7. The van der Waals surface area contributed by atoms with Crippen molar-refractivity contribution in [3.05, 3.63) is 59.7 Å². The van der Waals surface area contributed by atoms with Crippen LogP contribution < -0.4 is 5.32 Å². The third-order valence-corrected chi connectivity index (χ3v) is 2.69. The molecule has 0 saturated heterocycles. The molecular weight excluding hydrogens is 258 g/mol. The second kappa shape index (κ2) is 6.42. The molecule has 0 aliphatic rings. The normalized spacial score (nSPS) is 10.0. The first-order valence-corrected chi connectivity index (χ1v) is 6.03. The molecule has 0 aliphatic heterocycles. The molecule has 0 fully saturated rings. The van der Waals surface area contributed by atoms with Crippen molar-refractivity contribution in [1.82, 2.24) is 15.3 Å². The van der Waals surface area contributed by atoms with Gasteiger partial charge in [0.05, 0.1) is 5.56 Å². The highest BCUT2D eigenvalue weighted by molar-refractivity contribution is 5.94. The summed E-state index contributed by atoms with van der Waals surface area (Å²) in [6.45, 7) is 0.490. The van der Waals surface area contributed by atoms with E-state index in [1.807, 2.05) is 12.1 Å². The van der Waals surface area contributed by atoms with Crippen LogP contribution in [0.5, 0.6) is 0 Å². The van der Waals surface area contributed by atoms with Crippen molar-refractivity contribution >= 4 is 11.9 Å². The number of carboxylic acid groups (broad SMARTS) is 1. The number of pyridine rings is 2. The molecule has 2 N–H and O–H groups in total. The number of carboxylic acids is 1. The molecule has 0 aliphatic carbocycles. The molecule has 20 heavy (non-hydrogen) atoms. The molecule has 0 radical (unpaired) electrons. The molecule has 6 nitrogen and oxygen atoms in total. The molecule has 0 saturated carbocycles. The highest BCUT2D eigenvalue weighted by atomic mass is 16.4. The number of rotatable bonds is 5. The number of carbonyl (C=O) groups excluding carboxylic acids is 1. The number of aromatic nitrogens is 2. The lowest BCUT2D eigenvalue weighted by Crippen LogP contribution is -2.25. The van der Waals surface area contributed by atoms with Crippen LogP contribution in [0.3, 0.4) is 0 Å². The maximum Gasteiger partial charge on any atom is 0.354 e. The Morgan fingerprint density at radius 2 is 1.90 bits per heavy atom. The summed E-state index contributed by atoms with van der Waals surface area (Å²) < 4.78 is 0. The lowest BCUT2D eigenvalue weighted by molar-refractivity contribution is 0.0689. The quantitative estimate of drug-likeness (QED) is 0.851. The Morgan fingerprint density at radius 3 is 2.50 bits per heavy atom. The van der Waals surface area contributed by atoms with E-state index in [0.29, 0.717) is 18.5 Å². The van der Waals surface area contributed by atoms with E-state index in [1.54, 1.807) is 12.4 Å². The standard InChI is InChI=1S/C14H13N3O3/c18-13(11-1-2-12(14(19)20)17-9-11)16-8-5-10-3-6-15-7-4-10/h1-4,6-7,9H,5,8H2,(H,16,18)(H,19,20). The first-order chi connectivity index (χ1) is 9.66. The number of amides is 1. The van der Waals surface area contributed by atoms with E-state index in [-0.39, 0.29) is 11.6 Å². The van der Waals surface area contributed by atoms with E-state index in [2.05, 4.69) is 15.3 Å². The van der Waals surface area contributed by atoms with Gasteiger partial charge in [0, 0.05) is 25.1 Å². The van der Waals surface area contributed by atoms with E-state index in [1.165, 1.54) is 18.3 Å². The van der Waals surface area contributed by atoms with Crippen molar-refractivity contribution in [1.29, 1.82) is 0 Å². The Bertz CT molecular complexity index is 597. The van der Waals surface area contributed by atoms with E-state index in [9.17, 15) is 9.59 Å². The van der Waals surface area contributed by atoms with Gasteiger partial charge in [0.2, 0.25) is 0 Å². The highest BCUT2D eigenvalue weighted by Gasteiger charge is 2.08. The van der Waals surface area contributed by atoms with E-state index in [4.69, 9.17) is 5.11 Å². The number of hydrogen-bond acceptors (Lipinski definition) is 4. The Hall–Kier alpha value is -2.76. The second-order valence-corrected chi connectivity index (χ2v) is 4.10. The molecule has 0 atom stereocenters. The van der Waals surface area contributed by atoms with Crippen molar-refractivity contribution in [2.45, 2.75) is 6.42 Å². The molecular formula is C14H13N3O3. The lowest BCUT2D eigenvalue weighted by atomic mass is 10.2. The number of nitrogens with one attached hydrogen (secondary N) is 1. The Labute approximate surface area is 115 Å². The molecule has 2 heterocycles. The highest BCUT2D eigenvalue weighted by Crippen LogP contribution is 2.01. The zero-order valence-electron chi connectivity index (χ0n) is 10.6.